The van der Waals surface area contributed by atoms with Crippen LogP contribution in [0.2, 0.25) is 0 Å². The molecule has 3 aromatic rings. The molecule has 0 unspecified atom stereocenters. The van der Waals surface area contributed by atoms with Crippen molar-refractivity contribution in [2.75, 3.05) is 51.6 Å². The van der Waals surface area contributed by atoms with Gasteiger partial charge in [0.05, 0.1) is 18.5 Å². The summed E-state index contributed by atoms with van der Waals surface area (Å²) in [5.41, 5.74) is 2.45. The van der Waals surface area contributed by atoms with Gasteiger partial charge in [0.2, 0.25) is 11.7 Å². The SMILES string of the molecule is C=CC(=O)Nc1cc(Cc2nccc(C(=O)c3cccc(F)c3)n2)c(OC)cc1N(C)CCN(C)C. The Morgan fingerprint density at radius 2 is 1.92 bits per heavy atom. The standard InChI is InChI=1S/C27H30FN5O3/c1-6-26(34)31-22-15-19(24(36-5)17-23(22)33(4)13-12-32(2)3)16-25-29-11-10-21(30-25)27(35)18-8-7-9-20(28)14-18/h6-11,14-15,17H,1,12-13,16H2,2-5H3,(H,31,34). The van der Waals surface area contributed by atoms with E-state index in [0.717, 1.165) is 24.3 Å². The van der Waals surface area contributed by atoms with E-state index in [0.29, 0.717) is 17.3 Å². The second-order valence-electron chi connectivity index (χ2n) is 8.47. The number of nitrogens with zero attached hydrogens (tertiary/aromatic N) is 4. The van der Waals surface area contributed by atoms with E-state index in [9.17, 15) is 14.0 Å². The largest absolute Gasteiger partial charge is 0.496 e. The lowest BCUT2D eigenvalue weighted by Gasteiger charge is -2.25. The average molecular weight is 492 g/mol. The zero-order valence-electron chi connectivity index (χ0n) is 20.9. The smallest absolute Gasteiger partial charge is 0.247 e. The number of amides is 1. The summed E-state index contributed by atoms with van der Waals surface area (Å²) in [6.07, 6.45) is 2.94. The third-order valence-electron chi connectivity index (χ3n) is 5.51. The summed E-state index contributed by atoms with van der Waals surface area (Å²) < 4.78 is 19.2. The molecule has 1 heterocycles. The number of carbonyl (C=O) groups is 2. The molecule has 8 nitrogen and oxygen atoms in total. The number of anilines is 2. The van der Waals surface area contributed by atoms with Crippen molar-refractivity contribution in [1.82, 2.24) is 14.9 Å². The van der Waals surface area contributed by atoms with Gasteiger partial charge in [-0.25, -0.2) is 14.4 Å². The Morgan fingerprint density at radius 3 is 2.58 bits per heavy atom. The predicted molar refractivity (Wildman–Crippen MR) is 138 cm³/mol. The summed E-state index contributed by atoms with van der Waals surface area (Å²) in [7, 11) is 7.48. The highest BCUT2D eigenvalue weighted by molar-refractivity contribution is 6.07. The Balaban J connectivity index is 1.95. The first-order valence-corrected chi connectivity index (χ1v) is 11.3. The van der Waals surface area contributed by atoms with Crippen molar-refractivity contribution in [2.45, 2.75) is 6.42 Å². The first kappa shape index (κ1) is 26.5. The number of methoxy groups -OCH3 is 1. The summed E-state index contributed by atoms with van der Waals surface area (Å²) in [6.45, 7) is 5.08. The highest BCUT2D eigenvalue weighted by atomic mass is 19.1. The molecule has 1 amide bonds. The highest BCUT2D eigenvalue weighted by Crippen LogP contribution is 2.34. The van der Waals surface area contributed by atoms with Crippen LogP contribution in [0.5, 0.6) is 5.75 Å². The van der Waals surface area contributed by atoms with Gasteiger partial charge in [0.1, 0.15) is 23.1 Å². The number of carbonyl (C=O) groups excluding carboxylic acids is 2. The van der Waals surface area contributed by atoms with E-state index in [-0.39, 0.29) is 23.6 Å². The van der Waals surface area contributed by atoms with Gasteiger partial charge in [-0.3, -0.25) is 9.59 Å². The van der Waals surface area contributed by atoms with E-state index < -0.39 is 11.6 Å². The molecule has 0 saturated carbocycles. The van der Waals surface area contributed by atoms with E-state index in [1.807, 2.05) is 38.2 Å². The maximum absolute atomic E-state index is 13.6. The fourth-order valence-corrected chi connectivity index (χ4v) is 3.57. The number of nitrogens with one attached hydrogen (secondary N) is 1. The number of hydrogen-bond donors (Lipinski definition) is 1. The molecule has 0 bridgehead atoms. The zero-order valence-corrected chi connectivity index (χ0v) is 20.9. The molecule has 0 saturated heterocycles. The Labute approximate surface area is 210 Å². The Morgan fingerprint density at radius 1 is 1.14 bits per heavy atom. The second-order valence-corrected chi connectivity index (χ2v) is 8.47. The van der Waals surface area contributed by atoms with Crippen LogP contribution in [-0.4, -0.2) is 67.9 Å². The van der Waals surface area contributed by atoms with Gasteiger partial charge in [0.25, 0.3) is 0 Å². The molecule has 0 spiro atoms. The van der Waals surface area contributed by atoms with Crippen LogP contribution >= 0.6 is 0 Å². The van der Waals surface area contributed by atoms with Gasteiger partial charge in [-0.15, -0.1) is 0 Å². The molecule has 0 radical (unpaired) electrons. The Hall–Kier alpha value is -4.11. The van der Waals surface area contributed by atoms with Crippen molar-refractivity contribution in [3.63, 3.8) is 0 Å². The number of aromatic nitrogens is 2. The highest BCUT2D eigenvalue weighted by Gasteiger charge is 2.18. The van der Waals surface area contributed by atoms with Gasteiger partial charge >= 0.3 is 0 Å². The second kappa shape index (κ2) is 12.0. The zero-order chi connectivity index (χ0) is 26.2. The van der Waals surface area contributed by atoms with Gasteiger partial charge in [0, 0.05) is 49.9 Å². The lowest BCUT2D eigenvalue weighted by Crippen LogP contribution is -2.29. The summed E-state index contributed by atoms with van der Waals surface area (Å²) in [6, 6.07) is 10.6. The van der Waals surface area contributed by atoms with Gasteiger partial charge in [0.15, 0.2) is 0 Å². The number of benzene rings is 2. The lowest BCUT2D eigenvalue weighted by atomic mass is 10.1. The van der Waals surface area contributed by atoms with Crippen LogP contribution in [0.3, 0.4) is 0 Å². The van der Waals surface area contributed by atoms with Crippen molar-refractivity contribution >= 4 is 23.1 Å². The van der Waals surface area contributed by atoms with Crippen LogP contribution in [0.1, 0.15) is 27.4 Å². The monoisotopic (exact) mass is 491 g/mol. The maximum atomic E-state index is 13.6. The Bertz CT molecular complexity index is 1260. The van der Waals surface area contributed by atoms with E-state index in [2.05, 4.69) is 26.8 Å². The van der Waals surface area contributed by atoms with E-state index in [1.54, 1.807) is 7.11 Å². The molecule has 2 aromatic carbocycles. The first-order valence-electron chi connectivity index (χ1n) is 11.3. The molecule has 36 heavy (non-hydrogen) atoms. The minimum atomic E-state index is -0.496. The molecule has 3 rings (SSSR count). The molecule has 0 fully saturated rings. The fraction of sp³-hybridized carbons (Fsp3) is 0.259. The number of ketones is 1. The van der Waals surface area contributed by atoms with Gasteiger partial charge in [-0.05, 0) is 44.4 Å². The van der Waals surface area contributed by atoms with Gasteiger partial charge in [-0.1, -0.05) is 18.7 Å². The molecular weight excluding hydrogens is 461 g/mol. The van der Waals surface area contributed by atoms with E-state index >= 15 is 0 Å². The quantitative estimate of drug-likeness (QED) is 0.324. The fourth-order valence-electron chi connectivity index (χ4n) is 3.57. The van der Waals surface area contributed by atoms with Crippen LogP contribution in [0.25, 0.3) is 0 Å². The van der Waals surface area contributed by atoms with Crippen molar-refractivity contribution in [1.29, 1.82) is 0 Å². The Kier molecular flexibility index (Phi) is 8.86. The molecule has 188 valence electrons. The summed E-state index contributed by atoms with van der Waals surface area (Å²) in [5, 5.41) is 2.86. The molecule has 0 atom stereocenters. The molecular formula is C27H30FN5O3. The summed E-state index contributed by atoms with van der Waals surface area (Å²) in [5.74, 6) is -0.270. The summed E-state index contributed by atoms with van der Waals surface area (Å²) >= 11 is 0. The average Bonchev–Trinajstić information content (AvgIpc) is 2.87. The molecule has 1 N–H and O–H groups in total. The molecule has 9 heteroatoms. The van der Waals surface area contributed by atoms with Crippen LogP contribution in [0.15, 0.2) is 61.3 Å². The molecule has 1 aromatic heterocycles. The third-order valence-corrected chi connectivity index (χ3v) is 5.51. The van der Waals surface area contributed by atoms with Crippen molar-refractivity contribution in [2.24, 2.45) is 0 Å². The van der Waals surface area contributed by atoms with Crippen molar-refractivity contribution in [3.05, 3.63) is 89.8 Å². The van der Waals surface area contributed by atoms with Crippen LogP contribution in [-0.2, 0) is 11.2 Å². The van der Waals surface area contributed by atoms with Gasteiger partial charge in [-0.2, -0.15) is 0 Å². The number of ether oxygens (including phenoxy) is 1. The van der Waals surface area contributed by atoms with Crippen LogP contribution in [0.4, 0.5) is 15.8 Å². The molecule has 0 aliphatic rings. The van der Waals surface area contributed by atoms with Gasteiger partial charge < -0.3 is 19.9 Å². The third kappa shape index (κ3) is 6.73. The van der Waals surface area contributed by atoms with Crippen molar-refractivity contribution in [3.8, 4) is 5.75 Å². The number of likely N-dealkylation sites (N-methyl/N-ethyl adjacent to an activating group) is 2. The molecule has 0 aliphatic carbocycles. The molecule has 0 aliphatic heterocycles. The van der Waals surface area contributed by atoms with E-state index in [4.69, 9.17) is 4.74 Å². The normalized spacial score (nSPS) is 10.7. The first-order chi connectivity index (χ1) is 17.2. The van der Waals surface area contributed by atoms with E-state index in [1.165, 1.54) is 42.6 Å². The number of halogens is 1. The minimum Gasteiger partial charge on any atom is -0.496 e. The topological polar surface area (TPSA) is 87.7 Å². The lowest BCUT2D eigenvalue weighted by molar-refractivity contribution is -0.111. The van der Waals surface area contributed by atoms with Crippen LogP contribution in [0, 0.1) is 5.82 Å². The predicted octanol–water partition coefficient (Wildman–Crippen LogP) is 3.57. The number of rotatable bonds is 11. The number of hydrogen-bond acceptors (Lipinski definition) is 7. The maximum Gasteiger partial charge on any atom is 0.247 e. The van der Waals surface area contributed by atoms with Crippen molar-refractivity contribution < 1.29 is 18.7 Å². The summed E-state index contributed by atoms with van der Waals surface area (Å²) in [4.78, 5) is 37.8. The van der Waals surface area contributed by atoms with Crippen LogP contribution < -0.4 is 15.0 Å². The minimum absolute atomic E-state index is 0.157.